The van der Waals surface area contributed by atoms with Gasteiger partial charge < -0.3 is 15.0 Å². The van der Waals surface area contributed by atoms with Crippen LogP contribution in [-0.2, 0) is 16.1 Å². The van der Waals surface area contributed by atoms with Crippen LogP contribution in [0.25, 0.3) is 11.4 Å². The molecule has 28 heavy (non-hydrogen) atoms. The summed E-state index contributed by atoms with van der Waals surface area (Å²) in [7, 11) is 0. The molecule has 1 aliphatic rings. The van der Waals surface area contributed by atoms with Crippen LogP contribution in [0.1, 0.15) is 13.3 Å². The lowest BCUT2D eigenvalue weighted by Gasteiger charge is -2.24. The van der Waals surface area contributed by atoms with E-state index in [-0.39, 0.29) is 11.7 Å². The zero-order valence-corrected chi connectivity index (χ0v) is 16.9. The number of carbonyl (C=O) groups excluding carboxylic acids is 1. The molecule has 0 unspecified atom stereocenters. The summed E-state index contributed by atoms with van der Waals surface area (Å²) in [4.78, 5) is 13.4. The molecule has 0 aliphatic carbocycles. The maximum absolute atomic E-state index is 13.3. The van der Waals surface area contributed by atoms with Crippen molar-refractivity contribution in [2.24, 2.45) is 0 Å². The minimum atomic E-state index is -0.283. The van der Waals surface area contributed by atoms with Crippen LogP contribution in [0.3, 0.4) is 0 Å². The van der Waals surface area contributed by atoms with Crippen molar-refractivity contribution in [1.29, 1.82) is 0 Å². The van der Waals surface area contributed by atoms with Gasteiger partial charge in [-0.3, -0.25) is 9.36 Å². The Bertz CT molecular complexity index is 762. The summed E-state index contributed by atoms with van der Waals surface area (Å²) in [5, 5.41) is 12.2. The predicted octanol–water partition coefficient (Wildman–Crippen LogP) is 0.618. The number of nitrogens with zero attached hydrogens (tertiary/aromatic N) is 3. The van der Waals surface area contributed by atoms with E-state index in [9.17, 15) is 9.18 Å². The van der Waals surface area contributed by atoms with E-state index in [4.69, 9.17) is 4.74 Å². The molecule has 1 fully saturated rings. The highest BCUT2D eigenvalue weighted by molar-refractivity contribution is 7.99. The van der Waals surface area contributed by atoms with E-state index in [1.54, 1.807) is 12.1 Å². The number of quaternary nitrogens is 1. The summed E-state index contributed by atoms with van der Waals surface area (Å²) < 4.78 is 20.8. The first kappa shape index (κ1) is 20.8. The maximum atomic E-state index is 13.3. The molecule has 0 atom stereocenters. The van der Waals surface area contributed by atoms with Gasteiger partial charge in [0.05, 0.1) is 32.1 Å². The largest absolute Gasteiger partial charge is 0.370 e. The van der Waals surface area contributed by atoms with Crippen LogP contribution in [0.2, 0.25) is 0 Å². The molecular formula is C19H27FN5O2S+. The molecule has 0 bridgehead atoms. The highest BCUT2D eigenvalue weighted by Crippen LogP contribution is 2.24. The first-order chi connectivity index (χ1) is 13.7. The number of aromatic nitrogens is 3. The van der Waals surface area contributed by atoms with Crippen molar-refractivity contribution in [3.8, 4) is 11.4 Å². The van der Waals surface area contributed by atoms with E-state index < -0.39 is 0 Å². The molecule has 2 N–H and O–H groups in total. The Labute approximate surface area is 168 Å². The second kappa shape index (κ2) is 10.5. The van der Waals surface area contributed by atoms with Crippen molar-refractivity contribution in [3.05, 3.63) is 30.1 Å². The zero-order valence-electron chi connectivity index (χ0n) is 16.1. The standard InChI is InChI=1S/C19H26FN5O2S/c1-2-7-21-17(26)14-28-19-23-22-18(15-3-5-16(20)6-4-15)25(19)9-8-24-10-12-27-13-11-24/h3-6H,2,7-14H2,1H3,(H,21,26)/p+1. The van der Waals surface area contributed by atoms with Gasteiger partial charge >= 0.3 is 0 Å². The monoisotopic (exact) mass is 408 g/mol. The number of ether oxygens (including phenoxy) is 1. The Morgan fingerprint density at radius 1 is 1.29 bits per heavy atom. The molecule has 0 spiro atoms. The Hall–Kier alpha value is -1.97. The van der Waals surface area contributed by atoms with Gasteiger partial charge in [-0.05, 0) is 30.7 Å². The van der Waals surface area contributed by atoms with E-state index >= 15 is 0 Å². The van der Waals surface area contributed by atoms with Gasteiger partial charge in [0.1, 0.15) is 18.9 Å². The molecule has 1 saturated heterocycles. The maximum Gasteiger partial charge on any atom is 0.230 e. The van der Waals surface area contributed by atoms with Gasteiger partial charge in [0.2, 0.25) is 5.91 Å². The number of morpholine rings is 1. The molecule has 7 nitrogen and oxygen atoms in total. The summed E-state index contributed by atoms with van der Waals surface area (Å²) in [6, 6.07) is 6.26. The number of hydrogen-bond acceptors (Lipinski definition) is 5. The van der Waals surface area contributed by atoms with Gasteiger partial charge in [-0.2, -0.15) is 0 Å². The van der Waals surface area contributed by atoms with Gasteiger partial charge in [0.15, 0.2) is 11.0 Å². The number of rotatable bonds is 9. The summed E-state index contributed by atoms with van der Waals surface area (Å²) in [6.07, 6.45) is 0.906. The Morgan fingerprint density at radius 2 is 2.04 bits per heavy atom. The van der Waals surface area contributed by atoms with Crippen LogP contribution in [0, 0.1) is 5.82 Å². The Kier molecular flexibility index (Phi) is 7.81. The average molecular weight is 409 g/mol. The lowest BCUT2D eigenvalue weighted by molar-refractivity contribution is -0.908. The summed E-state index contributed by atoms with van der Waals surface area (Å²) in [5.41, 5.74) is 0.813. The first-order valence-electron chi connectivity index (χ1n) is 9.67. The van der Waals surface area contributed by atoms with Crippen molar-refractivity contribution >= 4 is 17.7 Å². The Morgan fingerprint density at radius 3 is 2.75 bits per heavy atom. The number of benzene rings is 1. The van der Waals surface area contributed by atoms with Crippen LogP contribution in [0.4, 0.5) is 4.39 Å². The van der Waals surface area contributed by atoms with Crippen molar-refractivity contribution < 1.29 is 18.8 Å². The molecule has 3 rings (SSSR count). The number of thioether (sulfide) groups is 1. The smallest absolute Gasteiger partial charge is 0.230 e. The number of hydrogen-bond donors (Lipinski definition) is 2. The molecule has 1 amide bonds. The Balaban J connectivity index is 1.74. The van der Waals surface area contributed by atoms with Crippen molar-refractivity contribution in [2.45, 2.75) is 25.0 Å². The lowest BCUT2D eigenvalue weighted by atomic mass is 10.2. The van der Waals surface area contributed by atoms with Gasteiger partial charge in [0.25, 0.3) is 0 Å². The van der Waals surface area contributed by atoms with Crippen molar-refractivity contribution in [3.63, 3.8) is 0 Å². The van der Waals surface area contributed by atoms with Crippen LogP contribution in [0.15, 0.2) is 29.4 Å². The summed E-state index contributed by atoms with van der Waals surface area (Å²) in [5.74, 6) is 0.703. The number of amides is 1. The van der Waals surface area contributed by atoms with Crippen molar-refractivity contribution in [1.82, 2.24) is 20.1 Å². The van der Waals surface area contributed by atoms with Gasteiger partial charge in [-0.15, -0.1) is 10.2 Å². The molecular weight excluding hydrogens is 381 g/mol. The molecule has 2 aromatic rings. The van der Waals surface area contributed by atoms with Crippen LogP contribution in [0.5, 0.6) is 0 Å². The van der Waals surface area contributed by atoms with Crippen molar-refractivity contribution in [2.75, 3.05) is 45.1 Å². The molecule has 1 aliphatic heterocycles. The minimum Gasteiger partial charge on any atom is -0.370 e. The second-order valence-corrected chi connectivity index (χ2v) is 7.66. The summed E-state index contributed by atoms with van der Waals surface area (Å²) >= 11 is 1.38. The van der Waals surface area contributed by atoms with E-state index in [1.165, 1.54) is 28.8 Å². The average Bonchev–Trinajstić information content (AvgIpc) is 3.13. The highest BCUT2D eigenvalue weighted by atomic mass is 32.2. The van der Waals surface area contributed by atoms with Gasteiger partial charge in [0, 0.05) is 12.1 Å². The summed E-state index contributed by atoms with van der Waals surface area (Å²) in [6.45, 7) is 7.87. The van der Waals surface area contributed by atoms with E-state index in [0.717, 1.165) is 51.4 Å². The molecule has 1 aromatic carbocycles. The number of nitrogens with one attached hydrogen (secondary N) is 2. The minimum absolute atomic E-state index is 0.0106. The normalized spacial score (nSPS) is 14.9. The molecule has 152 valence electrons. The van der Waals surface area contributed by atoms with Crippen LogP contribution < -0.4 is 10.2 Å². The third-order valence-electron chi connectivity index (χ3n) is 4.61. The van der Waals surface area contributed by atoms with Gasteiger partial charge in [-0.1, -0.05) is 18.7 Å². The molecule has 0 radical (unpaired) electrons. The molecule has 9 heteroatoms. The fourth-order valence-electron chi connectivity index (χ4n) is 3.04. The van der Waals surface area contributed by atoms with Crippen LogP contribution in [-0.4, -0.2) is 65.8 Å². The number of halogens is 1. The van der Waals surface area contributed by atoms with E-state index in [2.05, 4.69) is 15.5 Å². The molecule has 1 aromatic heterocycles. The van der Waals surface area contributed by atoms with Crippen LogP contribution >= 0.6 is 11.8 Å². The second-order valence-electron chi connectivity index (χ2n) is 6.72. The fraction of sp³-hybridized carbons (Fsp3) is 0.526. The fourth-order valence-corrected chi connectivity index (χ4v) is 3.83. The third kappa shape index (κ3) is 5.76. The first-order valence-corrected chi connectivity index (χ1v) is 10.7. The predicted molar refractivity (Wildman–Crippen MR) is 106 cm³/mol. The quantitative estimate of drug-likeness (QED) is 0.595. The third-order valence-corrected chi connectivity index (χ3v) is 5.58. The van der Waals surface area contributed by atoms with Gasteiger partial charge in [-0.25, -0.2) is 4.39 Å². The zero-order chi connectivity index (χ0) is 19.8. The number of carbonyl (C=O) groups is 1. The van der Waals surface area contributed by atoms with E-state index in [1.807, 2.05) is 11.5 Å². The molecule has 2 heterocycles. The van der Waals surface area contributed by atoms with E-state index in [0.29, 0.717) is 23.3 Å². The molecule has 0 saturated carbocycles. The highest BCUT2D eigenvalue weighted by Gasteiger charge is 2.19. The lowest BCUT2D eigenvalue weighted by Crippen LogP contribution is -3.14. The topological polar surface area (TPSA) is 73.5 Å². The SMILES string of the molecule is CCCNC(=O)CSc1nnc(-c2ccc(F)cc2)n1CC[NH+]1CCOCC1.